The number of carbonyl (C=O) groups excluding carboxylic acids is 1. The second kappa shape index (κ2) is 6.40. The zero-order chi connectivity index (χ0) is 16.5. The molecule has 2 aromatic rings. The standard InChI is InChI=1S/C19H23N3O2/c1-14-3-5-15(6-4-14)18-11-17-12-21(8-2-9-22(17)20-18)19(23)16-7-10-24-13-16/h3-6,11,16H,2,7-10,12-13H2,1H3/t16-/m0/s1. The van der Waals surface area contributed by atoms with E-state index in [-0.39, 0.29) is 11.8 Å². The lowest BCUT2D eigenvalue weighted by molar-refractivity contribution is -0.136. The van der Waals surface area contributed by atoms with Gasteiger partial charge in [-0.1, -0.05) is 29.8 Å². The first kappa shape index (κ1) is 15.4. The maximum absolute atomic E-state index is 12.7. The lowest BCUT2D eigenvalue weighted by Gasteiger charge is -2.22. The average Bonchev–Trinajstić information content (AvgIpc) is 3.21. The number of fused-ring (bicyclic) bond motifs is 1. The predicted octanol–water partition coefficient (Wildman–Crippen LogP) is 2.63. The number of benzene rings is 1. The van der Waals surface area contributed by atoms with Gasteiger partial charge in [0.2, 0.25) is 5.91 Å². The number of aromatic nitrogens is 2. The smallest absolute Gasteiger partial charge is 0.228 e. The number of aryl methyl sites for hydroxylation is 2. The van der Waals surface area contributed by atoms with E-state index >= 15 is 0 Å². The predicted molar refractivity (Wildman–Crippen MR) is 91.4 cm³/mol. The van der Waals surface area contributed by atoms with Crippen molar-refractivity contribution in [2.24, 2.45) is 5.92 Å². The van der Waals surface area contributed by atoms with E-state index in [2.05, 4.69) is 41.9 Å². The Balaban J connectivity index is 1.56. The van der Waals surface area contributed by atoms with Crippen molar-refractivity contribution in [1.29, 1.82) is 0 Å². The van der Waals surface area contributed by atoms with Crippen LogP contribution in [0.15, 0.2) is 30.3 Å². The second-order valence-electron chi connectivity index (χ2n) is 6.78. The minimum atomic E-state index is 0.0380. The second-order valence-corrected chi connectivity index (χ2v) is 6.78. The summed E-state index contributed by atoms with van der Waals surface area (Å²) in [6.07, 6.45) is 1.80. The molecule has 1 aromatic heterocycles. The minimum Gasteiger partial charge on any atom is -0.381 e. The molecule has 1 fully saturated rings. The molecule has 3 heterocycles. The minimum absolute atomic E-state index is 0.0380. The van der Waals surface area contributed by atoms with Crippen molar-refractivity contribution < 1.29 is 9.53 Å². The Morgan fingerprint density at radius 3 is 2.83 bits per heavy atom. The third-order valence-electron chi connectivity index (χ3n) is 4.95. The van der Waals surface area contributed by atoms with Gasteiger partial charge in [-0.3, -0.25) is 9.48 Å². The van der Waals surface area contributed by atoms with Crippen LogP contribution < -0.4 is 0 Å². The quantitative estimate of drug-likeness (QED) is 0.853. The zero-order valence-electron chi connectivity index (χ0n) is 14.1. The van der Waals surface area contributed by atoms with E-state index in [0.29, 0.717) is 19.8 Å². The van der Waals surface area contributed by atoms with Crippen LogP contribution in [-0.2, 0) is 22.6 Å². The summed E-state index contributed by atoms with van der Waals surface area (Å²) in [5.41, 5.74) is 4.48. The van der Waals surface area contributed by atoms with Crippen LogP contribution in [0.4, 0.5) is 0 Å². The molecule has 0 bridgehead atoms. The Hall–Kier alpha value is -2.14. The molecule has 5 heteroatoms. The first-order valence-corrected chi connectivity index (χ1v) is 8.71. The van der Waals surface area contributed by atoms with Crippen LogP contribution in [0, 0.1) is 12.8 Å². The van der Waals surface area contributed by atoms with Crippen molar-refractivity contribution in [2.75, 3.05) is 19.8 Å². The highest BCUT2D eigenvalue weighted by molar-refractivity contribution is 5.79. The van der Waals surface area contributed by atoms with Gasteiger partial charge in [-0.2, -0.15) is 5.10 Å². The third kappa shape index (κ3) is 2.96. The molecule has 0 spiro atoms. The van der Waals surface area contributed by atoms with Crippen LogP contribution in [0.2, 0.25) is 0 Å². The highest BCUT2D eigenvalue weighted by Crippen LogP contribution is 2.24. The molecule has 1 amide bonds. The van der Waals surface area contributed by atoms with Crippen LogP contribution >= 0.6 is 0 Å². The molecule has 126 valence electrons. The van der Waals surface area contributed by atoms with E-state index < -0.39 is 0 Å². The molecule has 0 aliphatic carbocycles. The van der Waals surface area contributed by atoms with Crippen molar-refractivity contribution in [1.82, 2.24) is 14.7 Å². The molecular weight excluding hydrogens is 302 g/mol. The Morgan fingerprint density at radius 2 is 2.08 bits per heavy atom. The fraction of sp³-hybridized carbons (Fsp3) is 0.474. The average molecular weight is 325 g/mol. The summed E-state index contributed by atoms with van der Waals surface area (Å²) in [5.74, 6) is 0.273. The monoisotopic (exact) mass is 325 g/mol. The number of amides is 1. The molecule has 2 aliphatic heterocycles. The summed E-state index contributed by atoms with van der Waals surface area (Å²) in [7, 11) is 0. The van der Waals surface area contributed by atoms with Crippen LogP contribution in [-0.4, -0.2) is 40.3 Å². The van der Waals surface area contributed by atoms with Gasteiger partial charge in [-0.15, -0.1) is 0 Å². The summed E-state index contributed by atoms with van der Waals surface area (Å²) in [6, 6.07) is 10.6. The summed E-state index contributed by atoms with van der Waals surface area (Å²) < 4.78 is 7.44. The lowest BCUT2D eigenvalue weighted by atomic mass is 10.1. The maximum atomic E-state index is 12.7. The number of hydrogen-bond donors (Lipinski definition) is 0. The molecule has 1 atom stereocenters. The summed E-state index contributed by atoms with van der Waals surface area (Å²) in [5, 5.41) is 4.76. The van der Waals surface area contributed by atoms with E-state index in [1.54, 1.807) is 0 Å². The highest BCUT2D eigenvalue weighted by atomic mass is 16.5. The van der Waals surface area contributed by atoms with Gasteiger partial charge in [0.25, 0.3) is 0 Å². The topological polar surface area (TPSA) is 47.4 Å². The maximum Gasteiger partial charge on any atom is 0.228 e. The van der Waals surface area contributed by atoms with Gasteiger partial charge in [0.1, 0.15) is 0 Å². The highest BCUT2D eigenvalue weighted by Gasteiger charge is 2.29. The molecule has 0 radical (unpaired) electrons. The zero-order valence-corrected chi connectivity index (χ0v) is 14.1. The van der Waals surface area contributed by atoms with Crippen LogP contribution in [0.25, 0.3) is 11.3 Å². The van der Waals surface area contributed by atoms with Crippen molar-refractivity contribution in [3.05, 3.63) is 41.6 Å². The van der Waals surface area contributed by atoms with Crippen molar-refractivity contribution in [2.45, 2.75) is 32.9 Å². The van der Waals surface area contributed by atoms with Gasteiger partial charge in [0.15, 0.2) is 0 Å². The van der Waals surface area contributed by atoms with Gasteiger partial charge in [-0.25, -0.2) is 0 Å². The molecule has 0 N–H and O–H groups in total. The molecule has 2 aliphatic rings. The molecule has 0 saturated carbocycles. The van der Waals surface area contributed by atoms with Gasteiger partial charge < -0.3 is 9.64 Å². The molecule has 0 unspecified atom stereocenters. The van der Waals surface area contributed by atoms with Crippen molar-refractivity contribution in [3.63, 3.8) is 0 Å². The van der Waals surface area contributed by atoms with E-state index in [1.165, 1.54) is 5.56 Å². The van der Waals surface area contributed by atoms with Gasteiger partial charge in [-0.05, 0) is 25.8 Å². The molecule has 5 nitrogen and oxygen atoms in total. The summed E-state index contributed by atoms with van der Waals surface area (Å²) >= 11 is 0. The van der Waals surface area contributed by atoms with Crippen LogP contribution in [0.3, 0.4) is 0 Å². The summed E-state index contributed by atoms with van der Waals surface area (Å²) in [6.45, 7) is 5.68. The van der Waals surface area contributed by atoms with Crippen LogP contribution in [0.1, 0.15) is 24.1 Å². The first-order chi connectivity index (χ1) is 11.7. The van der Waals surface area contributed by atoms with Gasteiger partial charge in [0.05, 0.1) is 30.5 Å². The lowest BCUT2D eigenvalue weighted by Crippen LogP contribution is -2.36. The number of ether oxygens (including phenoxy) is 1. The Morgan fingerprint density at radius 1 is 1.25 bits per heavy atom. The third-order valence-corrected chi connectivity index (χ3v) is 4.95. The van der Waals surface area contributed by atoms with E-state index in [9.17, 15) is 4.79 Å². The number of carbonyl (C=O) groups is 1. The Labute approximate surface area is 142 Å². The normalized spacial score (nSPS) is 20.7. The molecule has 1 aromatic carbocycles. The number of rotatable bonds is 2. The first-order valence-electron chi connectivity index (χ1n) is 8.71. The molecule has 1 saturated heterocycles. The van der Waals surface area contributed by atoms with Crippen molar-refractivity contribution in [3.8, 4) is 11.3 Å². The van der Waals surface area contributed by atoms with Gasteiger partial charge >= 0.3 is 0 Å². The van der Waals surface area contributed by atoms with Crippen molar-refractivity contribution >= 4 is 5.91 Å². The fourth-order valence-electron chi connectivity index (χ4n) is 3.50. The van der Waals surface area contributed by atoms with E-state index in [1.807, 2.05) is 4.90 Å². The largest absolute Gasteiger partial charge is 0.381 e. The van der Waals surface area contributed by atoms with E-state index in [0.717, 1.165) is 42.9 Å². The Kier molecular flexibility index (Phi) is 4.10. The molecule has 24 heavy (non-hydrogen) atoms. The van der Waals surface area contributed by atoms with Gasteiger partial charge in [0, 0.05) is 25.3 Å². The number of nitrogens with zero attached hydrogens (tertiary/aromatic N) is 3. The number of hydrogen-bond acceptors (Lipinski definition) is 3. The molecular formula is C19H23N3O2. The SMILES string of the molecule is Cc1ccc(-c2cc3n(n2)CCCN(C(=O)[C@H]2CCOC2)C3)cc1. The Bertz CT molecular complexity index is 730. The van der Waals surface area contributed by atoms with Crippen LogP contribution in [0.5, 0.6) is 0 Å². The van der Waals surface area contributed by atoms with E-state index in [4.69, 9.17) is 9.84 Å². The fourth-order valence-corrected chi connectivity index (χ4v) is 3.50. The summed E-state index contributed by atoms with van der Waals surface area (Å²) in [4.78, 5) is 14.7. The molecule has 4 rings (SSSR count).